The van der Waals surface area contributed by atoms with Crippen molar-refractivity contribution in [2.45, 2.75) is 33.1 Å². The Bertz CT molecular complexity index is 459. The van der Waals surface area contributed by atoms with Crippen LogP contribution in [0, 0.1) is 5.41 Å². The first-order valence-electron chi connectivity index (χ1n) is 7.63. The standard InChI is InChI=1S/C16H24N2O3/c1-3-16(12-19)7-9-18(10-8-16)15(20)13-5-6-14(17-11-13)21-4-2/h5-6,11,19H,3-4,7-10,12H2,1-2H3. The molecule has 1 N–H and O–H groups in total. The predicted octanol–water partition coefficient (Wildman–Crippen LogP) is 2.10. The maximum atomic E-state index is 12.4. The van der Waals surface area contributed by atoms with Crippen molar-refractivity contribution >= 4 is 5.91 Å². The van der Waals surface area contributed by atoms with Gasteiger partial charge in [0.1, 0.15) is 0 Å². The Hall–Kier alpha value is -1.62. The van der Waals surface area contributed by atoms with Gasteiger partial charge in [0.25, 0.3) is 5.91 Å². The van der Waals surface area contributed by atoms with E-state index >= 15 is 0 Å². The van der Waals surface area contributed by atoms with Crippen LogP contribution in [0.2, 0.25) is 0 Å². The van der Waals surface area contributed by atoms with Crippen molar-refractivity contribution in [2.75, 3.05) is 26.3 Å². The third-order valence-electron chi connectivity index (χ3n) is 4.47. The Balaban J connectivity index is 1.98. The molecule has 2 rings (SSSR count). The highest BCUT2D eigenvalue weighted by molar-refractivity contribution is 5.94. The first kappa shape index (κ1) is 15.8. The largest absolute Gasteiger partial charge is 0.478 e. The number of piperidine rings is 1. The van der Waals surface area contributed by atoms with Gasteiger partial charge >= 0.3 is 0 Å². The van der Waals surface area contributed by atoms with E-state index in [0.29, 0.717) is 31.1 Å². The number of aliphatic hydroxyl groups is 1. The fourth-order valence-corrected chi connectivity index (χ4v) is 2.73. The van der Waals surface area contributed by atoms with Gasteiger partial charge in [-0.25, -0.2) is 4.98 Å². The van der Waals surface area contributed by atoms with Crippen LogP contribution >= 0.6 is 0 Å². The molecule has 0 aromatic carbocycles. The van der Waals surface area contributed by atoms with Crippen molar-refractivity contribution in [2.24, 2.45) is 5.41 Å². The molecule has 1 aliphatic rings. The highest BCUT2D eigenvalue weighted by Crippen LogP contribution is 2.34. The third-order valence-corrected chi connectivity index (χ3v) is 4.47. The highest BCUT2D eigenvalue weighted by Gasteiger charge is 2.34. The molecule has 5 heteroatoms. The molecule has 0 bridgehead atoms. The lowest BCUT2D eigenvalue weighted by Crippen LogP contribution is -2.44. The number of amides is 1. The van der Waals surface area contributed by atoms with Crippen LogP contribution in [0.5, 0.6) is 5.88 Å². The average molecular weight is 292 g/mol. The molecular weight excluding hydrogens is 268 g/mol. The van der Waals surface area contributed by atoms with Crippen LogP contribution in [-0.2, 0) is 0 Å². The Kier molecular flexibility index (Phi) is 5.17. The summed E-state index contributed by atoms with van der Waals surface area (Å²) >= 11 is 0. The first-order chi connectivity index (χ1) is 10.1. The lowest BCUT2D eigenvalue weighted by molar-refractivity contribution is 0.0338. The zero-order valence-corrected chi connectivity index (χ0v) is 12.8. The number of nitrogens with zero attached hydrogens (tertiary/aromatic N) is 2. The lowest BCUT2D eigenvalue weighted by atomic mass is 9.77. The number of carbonyl (C=O) groups excluding carboxylic acids is 1. The van der Waals surface area contributed by atoms with Crippen LogP contribution in [0.1, 0.15) is 43.5 Å². The maximum absolute atomic E-state index is 12.4. The molecule has 116 valence electrons. The number of hydrogen-bond acceptors (Lipinski definition) is 4. The Morgan fingerprint density at radius 3 is 2.57 bits per heavy atom. The molecule has 0 saturated carbocycles. The summed E-state index contributed by atoms with van der Waals surface area (Å²) in [5.74, 6) is 0.547. The fourth-order valence-electron chi connectivity index (χ4n) is 2.73. The summed E-state index contributed by atoms with van der Waals surface area (Å²) in [4.78, 5) is 18.4. The number of aromatic nitrogens is 1. The van der Waals surface area contributed by atoms with Gasteiger partial charge in [-0.3, -0.25) is 4.79 Å². The van der Waals surface area contributed by atoms with Crippen LogP contribution in [0.3, 0.4) is 0 Å². The van der Waals surface area contributed by atoms with Crippen LogP contribution in [0.4, 0.5) is 0 Å². The van der Waals surface area contributed by atoms with Gasteiger partial charge in [0.2, 0.25) is 5.88 Å². The van der Waals surface area contributed by atoms with Crippen LogP contribution in [0.15, 0.2) is 18.3 Å². The molecule has 0 spiro atoms. The van der Waals surface area contributed by atoms with Crippen LogP contribution in [0.25, 0.3) is 0 Å². The van der Waals surface area contributed by atoms with E-state index in [1.807, 2.05) is 11.8 Å². The average Bonchev–Trinajstić information content (AvgIpc) is 2.55. The first-order valence-corrected chi connectivity index (χ1v) is 7.63. The summed E-state index contributed by atoms with van der Waals surface area (Å²) in [5, 5.41) is 9.54. The van der Waals surface area contributed by atoms with Crippen molar-refractivity contribution in [1.29, 1.82) is 0 Å². The zero-order valence-electron chi connectivity index (χ0n) is 12.8. The molecule has 0 unspecified atom stereocenters. The molecule has 1 aliphatic heterocycles. The van der Waals surface area contributed by atoms with Crippen LogP contribution < -0.4 is 4.74 Å². The maximum Gasteiger partial charge on any atom is 0.255 e. The minimum atomic E-state index is -0.00610. The Labute approximate surface area is 125 Å². The van der Waals surface area contributed by atoms with E-state index in [0.717, 1.165) is 19.3 Å². The van der Waals surface area contributed by atoms with E-state index in [4.69, 9.17) is 4.74 Å². The van der Waals surface area contributed by atoms with Crippen LogP contribution in [-0.4, -0.2) is 47.2 Å². The van der Waals surface area contributed by atoms with Gasteiger partial charge in [-0.05, 0) is 37.7 Å². The number of aliphatic hydroxyl groups excluding tert-OH is 1. The molecule has 2 heterocycles. The number of pyridine rings is 1. The second-order valence-corrected chi connectivity index (χ2v) is 5.62. The summed E-state index contributed by atoms with van der Waals surface area (Å²) in [6.07, 6.45) is 4.24. The van der Waals surface area contributed by atoms with Gasteiger partial charge in [0, 0.05) is 32.0 Å². The molecular formula is C16H24N2O3. The van der Waals surface area contributed by atoms with E-state index in [2.05, 4.69) is 11.9 Å². The van der Waals surface area contributed by atoms with Gasteiger partial charge in [0.05, 0.1) is 12.2 Å². The quantitative estimate of drug-likeness (QED) is 0.903. The van der Waals surface area contributed by atoms with E-state index < -0.39 is 0 Å². The Morgan fingerprint density at radius 1 is 1.38 bits per heavy atom. The second kappa shape index (κ2) is 6.89. The van der Waals surface area contributed by atoms with Crippen molar-refractivity contribution in [1.82, 2.24) is 9.88 Å². The number of carbonyl (C=O) groups is 1. The molecule has 5 nitrogen and oxygen atoms in total. The van der Waals surface area contributed by atoms with Crippen molar-refractivity contribution in [3.05, 3.63) is 23.9 Å². The molecule has 0 atom stereocenters. The molecule has 0 radical (unpaired) electrons. The predicted molar refractivity (Wildman–Crippen MR) is 80.4 cm³/mol. The lowest BCUT2D eigenvalue weighted by Gasteiger charge is -2.40. The normalized spacial score (nSPS) is 17.6. The molecule has 1 aromatic heterocycles. The van der Waals surface area contributed by atoms with E-state index in [9.17, 15) is 9.90 Å². The van der Waals surface area contributed by atoms with Gasteiger partial charge in [-0.15, -0.1) is 0 Å². The minimum Gasteiger partial charge on any atom is -0.478 e. The molecule has 0 aliphatic carbocycles. The number of hydrogen-bond donors (Lipinski definition) is 1. The van der Waals surface area contributed by atoms with Gasteiger partial charge in [0.15, 0.2) is 0 Å². The highest BCUT2D eigenvalue weighted by atomic mass is 16.5. The summed E-state index contributed by atoms with van der Waals surface area (Å²) < 4.78 is 5.28. The smallest absolute Gasteiger partial charge is 0.255 e. The number of ether oxygens (including phenoxy) is 1. The van der Waals surface area contributed by atoms with Gasteiger partial charge < -0.3 is 14.7 Å². The number of rotatable bonds is 5. The number of likely N-dealkylation sites (tertiary alicyclic amines) is 1. The van der Waals surface area contributed by atoms with E-state index in [1.165, 1.54) is 0 Å². The SMILES string of the molecule is CCOc1ccc(C(=O)N2CCC(CC)(CO)CC2)cn1. The topological polar surface area (TPSA) is 62.7 Å². The van der Waals surface area contributed by atoms with Crippen molar-refractivity contribution < 1.29 is 14.6 Å². The van der Waals surface area contributed by atoms with E-state index in [-0.39, 0.29) is 17.9 Å². The second-order valence-electron chi connectivity index (χ2n) is 5.62. The molecule has 21 heavy (non-hydrogen) atoms. The summed E-state index contributed by atoms with van der Waals surface area (Å²) in [5.41, 5.74) is 0.583. The molecule has 1 aromatic rings. The molecule has 1 saturated heterocycles. The fraction of sp³-hybridized carbons (Fsp3) is 0.625. The summed E-state index contributed by atoms with van der Waals surface area (Å²) in [6.45, 7) is 6.16. The monoisotopic (exact) mass is 292 g/mol. The van der Waals surface area contributed by atoms with Crippen molar-refractivity contribution in [3.8, 4) is 5.88 Å². The minimum absolute atomic E-state index is 0.00610. The van der Waals surface area contributed by atoms with Gasteiger partial charge in [-0.1, -0.05) is 6.92 Å². The molecule has 1 amide bonds. The Morgan fingerprint density at radius 2 is 2.10 bits per heavy atom. The van der Waals surface area contributed by atoms with Gasteiger partial charge in [-0.2, -0.15) is 0 Å². The third kappa shape index (κ3) is 3.53. The summed E-state index contributed by atoms with van der Waals surface area (Å²) in [6, 6.07) is 3.48. The van der Waals surface area contributed by atoms with Crippen molar-refractivity contribution in [3.63, 3.8) is 0 Å². The van der Waals surface area contributed by atoms with E-state index in [1.54, 1.807) is 18.3 Å². The summed E-state index contributed by atoms with van der Waals surface area (Å²) in [7, 11) is 0. The zero-order chi connectivity index (χ0) is 15.3. The molecule has 1 fully saturated rings.